The first-order valence-corrected chi connectivity index (χ1v) is 6.72. The molecule has 3 heteroatoms. The smallest absolute Gasteiger partial charge is 0.0193 e. The monoisotopic (exact) mass is 202 g/mol. The zero-order valence-electron chi connectivity index (χ0n) is 8.81. The van der Waals surface area contributed by atoms with Crippen LogP contribution in [-0.2, 0) is 0 Å². The lowest BCUT2D eigenvalue weighted by molar-refractivity contribution is 0.476. The predicted molar refractivity (Wildman–Crippen MR) is 61.5 cm³/mol. The summed E-state index contributed by atoms with van der Waals surface area (Å²) in [4.78, 5) is 0. The van der Waals surface area contributed by atoms with Crippen LogP contribution in [0.5, 0.6) is 0 Å². The summed E-state index contributed by atoms with van der Waals surface area (Å²) < 4.78 is 0. The van der Waals surface area contributed by atoms with Crippen molar-refractivity contribution in [3.05, 3.63) is 0 Å². The van der Waals surface area contributed by atoms with Crippen LogP contribution in [0.3, 0.4) is 0 Å². The van der Waals surface area contributed by atoms with Gasteiger partial charge in [0.15, 0.2) is 0 Å². The lowest BCUT2D eigenvalue weighted by Gasteiger charge is -2.18. The van der Waals surface area contributed by atoms with Crippen LogP contribution in [0.4, 0.5) is 0 Å². The zero-order valence-corrected chi connectivity index (χ0v) is 9.62. The summed E-state index contributed by atoms with van der Waals surface area (Å²) in [7, 11) is 0. The van der Waals surface area contributed by atoms with Crippen LogP contribution in [-0.4, -0.2) is 37.2 Å². The molecule has 1 rings (SSSR count). The van der Waals surface area contributed by atoms with E-state index in [2.05, 4.69) is 23.8 Å². The third-order valence-corrected chi connectivity index (χ3v) is 3.41. The van der Waals surface area contributed by atoms with Crippen LogP contribution >= 0.6 is 11.8 Å². The second-order valence-corrected chi connectivity index (χ2v) is 4.67. The van der Waals surface area contributed by atoms with Crippen LogP contribution in [0, 0.1) is 0 Å². The van der Waals surface area contributed by atoms with E-state index in [9.17, 15) is 0 Å². The summed E-state index contributed by atoms with van der Waals surface area (Å²) in [6.45, 7) is 4.63. The van der Waals surface area contributed by atoms with Crippen molar-refractivity contribution in [2.45, 2.75) is 38.3 Å². The Bertz CT molecular complexity index is 124. The minimum Gasteiger partial charge on any atom is -0.313 e. The number of nitrogens with one attached hydrogen (secondary N) is 2. The van der Waals surface area contributed by atoms with Gasteiger partial charge in [0.05, 0.1) is 0 Å². The number of rotatable bonds is 6. The van der Waals surface area contributed by atoms with Gasteiger partial charge in [0, 0.05) is 24.4 Å². The molecule has 0 radical (unpaired) electrons. The number of thioether (sulfide) groups is 1. The van der Waals surface area contributed by atoms with Gasteiger partial charge in [-0.1, -0.05) is 6.92 Å². The average molecular weight is 202 g/mol. The topological polar surface area (TPSA) is 24.1 Å². The fourth-order valence-corrected chi connectivity index (χ4v) is 2.52. The van der Waals surface area contributed by atoms with Crippen molar-refractivity contribution in [2.75, 3.05) is 25.1 Å². The van der Waals surface area contributed by atoms with Gasteiger partial charge >= 0.3 is 0 Å². The maximum absolute atomic E-state index is 3.63. The molecule has 0 amide bonds. The van der Waals surface area contributed by atoms with Gasteiger partial charge in [0.1, 0.15) is 0 Å². The van der Waals surface area contributed by atoms with E-state index < -0.39 is 0 Å². The molecule has 1 fully saturated rings. The van der Waals surface area contributed by atoms with Gasteiger partial charge in [-0.05, 0) is 32.1 Å². The van der Waals surface area contributed by atoms with Gasteiger partial charge in [-0.15, -0.1) is 0 Å². The zero-order chi connectivity index (χ0) is 9.52. The lowest BCUT2D eigenvalue weighted by Crippen LogP contribution is -2.40. The van der Waals surface area contributed by atoms with E-state index in [0.717, 1.165) is 12.6 Å². The summed E-state index contributed by atoms with van der Waals surface area (Å²) in [6, 6.07) is 1.44. The Labute approximate surface area is 86.2 Å². The van der Waals surface area contributed by atoms with Crippen molar-refractivity contribution in [1.29, 1.82) is 0 Å². The third kappa shape index (κ3) is 4.34. The van der Waals surface area contributed by atoms with Crippen LogP contribution in [0.25, 0.3) is 0 Å². The second-order valence-electron chi connectivity index (χ2n) is 3.76. The SMILES string of the molecule is CCC(CSC)NCC1CCCN1. The molecule has 1 heterocycles. The molecule has 0 aromatic heterocycles. The van der Waals surface area contributed by atoms with E-state index >= 15 is 0 Å². The maximum atomic E-state index is 3.63. The fraction of sp³-hybridized carbons (Fsp3) is 1.00. The molecule has 0 aromatic rings. The van der Waals surface area contributed by atoms with Crippen LogP contribution in [0.2, 0.25) is 0 Å². The first-order chi connectivity index (χ1) is 6.36. The van der Waals surface area contributed by atoms with Crippen molar-refractivity contribution < 1.29 is 0 Å². The van der Waals surface area contributed by atoms with Gasteiger partial charge in [-0.25, -0.2) is 0 Å². The largest absolute Gasteiger partial charge is 0.313 e. The van der Waals surface area contributed by atoms with Crippen molar-refractivity contribution >= 4 is 11.8 Å². The molecule has 1 saturated heterocycles. The van der Waals surface area contributed by atoms with E-state index in [1.54, 1.807) is 0 Å². The van der Waals surface area contributed by atoms with E-state index in [1.165, 1.54) is 31.6 Å². The number of hydrogen-bond donors (Lipinski definition) is 2. The molecular weight excluding hydrogens is 180 g/mol. The van der Waals surface area contributed by atoms with E-state index in [4.69, 9.17) is 0 Å². The minimum atomic E-state index is 0.706. The first kappa shape index (κ1) is 11.3. The molecule has 0 spiro atoms. The van der Waals surface area contributed by atoms with Gasteiger partial charge < -0.3 is 10.6 Å². The van der Waals surface area contributed by atoms with Gasteiger partial charge in [-0.3, -0.25) is 0 Å². The van der Waals surface area contributed by atoms with Crippen molar-refractivity contribution in [3.8, 4) is 0 Å². The first-order valence-electron chi connectivity index (χ1n) is 5.32. The molecule has 2 atom stereocenters. The van der Waals surface area contributed by atoms with Gasteiger partial charge in [-0.2, -0.15) is 11.8 Å². The molecule has 0 aliphatic carbocycles. The van der Waals surface area contributed by atoms with Gasteiger partial charge in [0.2, 0.25) is 0 Å². The molecule has 0 saturated carbocycles. The highest BCUT2D eigenvalue weighted by Crippen LogP contribution is 2.05. The molecule has 2 N–H and O–H groups in total. The molecule has 0 bridgehead atoms. The van der Waals surface area contributed by atoms with E-state index in [-0.39, 0.29) is 0 Å². The molecule has 78 valence electrons. The molecule has 1 aliphatic heterocycles. The Morgan fingerprint density at radius 2 is 2.46 bits per heavy atom. The Morgan fingerprint density at radius 3 is 3.00 bits per heavy atom. The predicted octanol–water partition coefficient (Wildman–Crippen LogP) is 1.47. The van der Waals surface area contributed by atoms with Crippen LogP contribution in [0.15, 0.2) is 0 Å². The highest BCUT2D eigenvalue weighted by molar-refractivity contribution is 7.98. The minimum absolute atomic E-state index is 0.706. The van der Waals surface area contributed by atoms with Crippen molar-refractivity contribution in [2.24, 2.45) is 0 Å². The summed E-state index contributed by atoms with van der Waals surface area (Å²) in [5.74, 6) is 1.24. The van der Waals surface area contributed by atoms with Crippen molar-refractivity contribution in [1.82, 2.24) is 10.6 Å². The van der Waals surface area contributed by atoms with Crippen molar-refractivity contribution in [3.63, 3.8) is 0 Å². The van der Waals surface area contributed by atoms with E-state index in [1.807, 2.05) is 11.8 Å². The lowest BCUT2D eigenvalue weighted by atomic mass is 10.2. The fourth-order valence-electron chi connectivity index (χ4n) is 1.76. The molecule has 13 heavy (non-hydrogen) atoms. The molecule has 2 unspecified atom stereocenters. The Balaban J connectivity index is 2.07. The highest BCUT2D eigenvalue weighted by Gasteiger charge is 2.14. The van der Waals surface area contributed by atoms with Crippen LogP contribution < -0.4 is 10.6 Å². The molecule has 0 aromatic carbocycles. The second kappa shape index (κ2) is 6.68. The molecular formula is C10H22N2S. The molecule has 1 aliphatic rings. The quantitative estimate of drug-likeness (QED) is 0.682. The Hall–Kier alpha value is 0.270. The summed E-state index contributed by atoms with van der Waals surface area (Å²) in [5, 5.41) is 7.14. The third-order valence-electron chi connectivity index (χ3n) is 2.68. The molecule has 2 nitrogen and oxygen atoms in total. The average Bonchev–Trinajstić information content (AvgIpc) is 2.64. The van der Waals surface area contributed by atoms with Gasteiger partial charge in [0.25, 0.3) is 0 Å². The Morgan fingerprint density at radius 1 is 1.62 bits per heavy atom. The Kier molecular flexibility index (Phi) is 5.83. The maximum Gasteiger partial charge on any atom is 0.0193 e. The summed E-state index contributed by atoms with van der Waals surface area (Å²) in [5.41, 5.74) is 0. The number of hydrogen-bond acceptors (Lipinski definition) is 3. The normalized spacial score (nSPS) is 24.9. The summed E-state index contributed by atoms with van der Waals surface area (Å²) in [6.07, 6.45) is 6.13. The van der Waals surface area contributed by atoms with Crippen LogP contribution in [0.1, 0.15) is 26.2 Å². The highest BCUT2D eigenvalue weighted by atomic mass is 32.2. The standard InChI is InChI=1S/C10H22N2S/c1-3-9(8-13-2)12-7-10-5-4-6-11-10/h9-12H,3-8H2,1-2H3. The summed E-state index contributed by atoms with van der Waals surface area (Å²) >= 11 is 1.93. The van der Waals surface area contributed by atoms with E-state index in [0.29, 0.717) is 6.04 Å².